The zero-order valence-electron chi connectivity index (χ0n) is 19.7. The number of hydrogen-bond acceptors (Lipinski definition) is 6. The summed E-state index contributed by atoms with van der Waals surface area (Å²) in [6, 6.07) is 13.4. The van der Waals surface area contributed by atoms with Crippen molar-refractivity contribution >= 4 is 52.7 Å². The number of aromatic amines is 1. The summed E-state index contributed by atoms with van der Waals surface area (Å²) >= 11 is 12.3. The van der Waals surface area contributed by atoms with Crippen molar-refractivity contribution in [2.45, 2.75) is 11.5 Å². The summed E-state index contributed by atoms with van der Waals surface area (Å²) in [5.74, 6) is -3.15. The van der Waals surface area contributed by atoms with Gasteiger partial charge in [-0.2, -0.15) is 10.4 Å². The summed E-state index contributed by atoms with van der Waals surface area (Å²) in [5, 5.41) is 25.0. The lowest BCUT2D eigenvalue weighted by Crippen LogP contribution is -2.54. The van der Waals surface area contributed by atoms with Gasteiger partial charge < -0.3 is 14.9 Å². The molecule has 2 N–H and O–H groups in total. The molecule has 3 aromatic rings. The number of anilines is 1. The van der Waals surface area contributed by atoms with E-state index >= 15 is 0 Å². The summed E-state index contributed by atoms with van der Waals surface area (Å²) in [7, 11) is 1.48. The highest BCUT2D eigenvalue weighted by Crippen LogP contribution is 2.47. The fourth-order valence-corrected chi connectivity index (χ4v) is 5.58. The number of carbonyl (C=O) groups is 4. The third-order valence-electron chi connectivity index (χ3n) is 6.92. The Morgan fingerprint density at radius 1 is 1.16 bits per heavy atom. The Labute approximate surface area is 227 Å². The van der Waals surface area contributed by atoms with Crippen molar-refractivity contribution in [3.63, 3.8) is 0 Å². The number of imide groups is 1. The molecule has 0 unspecified atom stereocenters. The topological polar surface area (TPSA) is 151 Å². The maximum Gasteiger partial charge on any atom is 0.353 e. The van der Waals surface area contributed by atoms with E-state index in [1.807, 2.05) is 6.07 Å². The number of likely N-dealkylation sites (N-methyl/N-ethyl adjacent to an activating group) is 1. The van der Waals surface area contributed by atoms with Crippen LogP contribution >= 0.6 is 23.2 Å². The molecule has 0 aliphatic carbocycles. The molecule has 1 spiro atoms. The van der Waals surface area contributed by atoms with E-state index in [4.69, 9.17) is 23.2 Å². The van der Waals surface area contributed by atoms with Crippen LogP contribution in [0, 0.1) is 11.3 Å². The summed E-state index contributed by atoms with van der Waals surface area (Å²) in [5.41, 5.74) is -0.699. The van der Waals surface area contributed by atoms with Crippen LogP contribution in [0.25, 0.3) is 0 Å². The number of hydrogen-bond donors (Lipinski definition) is 2. The zero-order valence-corrected chi connectivity index (χ0v) is 21.2. The first-order valence-electron chi connectivity index (χ1n) is 11.2. The van der Waals surface area contributed by atoms with E-state index in [1.54, 1.807) is 24.3 Å². The molecule has 2 aliphatic heterocycles. The molecule has 11 nitrogen and oxygen atoms in total. The number of halogens is 2. The van der Waals surface area contributed by atoms with Gasteiger partial charge in [0.05, 0.1) is 23.9 Å². The van der Waals surface area contributed by atoms with Crippen LogP contribution in [0.5, 0.6) is 0 Å². The molecule has 0 radical (unpaired) electrons. The second-order valence-electron chi connectivity index (χ2n) is 8.98. The second-order valence-corrected chi connectivity index (χ2v) is 9.85. The number of H-pyrrole nitrogens is 1. The molecule has 1 aromatic heterocycles. The minimum Gasteiger partial charge on any atom is -0.477 e. The fraction of sp³-hybridized carbons (Fsp3) is 0.200. The smallest absolute Gasteiger partial charge is 0.353 e. The van der Waals surface area contributed by atoms with Crippen LogP contribution in [0.1, 0.15) is 39.4 Å². The Bertz CT molecular complexity index is 1530. The Morgan fingerprint density at radius 3 is 2.39 bits per heavy atom. The van der Waals surface area contributed by atoms with Gasteiger partial charge in [-0.1, -0.05) is 35.3 Å². The number of carbonyl (C=O) groups excluding carboxylic acids is 3. The standard InChI is InChI=1S/C25H18Cl2N6O5.H2/c1-31-24(38)33(17-7-15(26)6-16(27)8-17)23(37)25(31)12-32(21(34)19-9-20(22(35)36)30-29-19)11-18(25)14-4-2-13(10-28)3-5-14;/h2-9,18H,11-12H2,1H3,(H,29,30)(H,35,36);1H/t18-,25+;/m0./s1. The third-order valence-corrected chi connectivity index (χ3v) is 7.36. The Morgan fingerprint density at radius 2 is 1.82 bits per heavy atom. The van der Waals surface area contributed by atoms with Crippen molar-refractivity contribution in [3.8, 4) is 6.07 Å². The molecule has 2 aliphatic rings. The average Bonchev–Trinajstić information content (AvgIpc) is 3.58. The van der Waals surface area contributed by atoms with Gasteiger partial charge in [0, 0.05) is 37.0 Å². The molecule has 3 heterocycles. The van der Waals surface area contributed by atoms with Crippen LogP contribution in [0.3, 0.4) is 0 Å². The van der Waals surface area contributed by atoms with Crippen molar-refractivity contribution in [1.82, 2.24) is 20.0 Å². The van der Waals surface area contributed by atoms with E-state index < -0.39 is 35.3 Å². The van der Waals surface area contributed by atoms with Gasteiger partial charge in [0.15, 0.2) is 5.69 Å². The lowest BCUT2D eigenvalue weighted by Gasteiger charge is -2.33. The Balaban J connectivity index is 0.00000353. The molecule has 0 saturated carbocycles. The molecule has 13 heteroatoms. The van der Waals surface area contributed by atoms with Gasteiger partial charge in [0.2, 0.25) is 0 Å². The number of amides is 4. The number of aromatic carboxylic acids is 1. The van der Waals surface area contributed by atoms with Gasteiger partial charge >= 0.3 is 12.0 Å². The quantitative estimate of drug-likeness (QED) is 0.467. The first kappa shape index (κ1) is 25.3. The molecule has 2 aromatic carbocycles. The van der Waals surface area contributed by atoms with Crippen molar-refractivity contribution in [2.75, 3.05) is 25.0 Å². The Kier molecular flexibility index (Phi) is 6.09. The molecular weight excluding hydrogens is 535 g/mol. The fourth-order valence-electron chi connectivity index (χ4n) is 5.06. The molecule has 2 atom stereocenters. The number of carboxylic acid groups (broad SMARTS) is 1. The lowest BCUT2D eigenvalue weighted by atomic mass is 9.80. The first-order valence-corrected chi connectivity index (χ1v) is 12.0. The van der Waals surface area contributed by atoms with Gasteiger partial charge in [-0.3, -0.25) is 14.7 Å². The van der Waals surface area contributed by atoms with E-state index in [0.717, 1.165) is 11.0 Å². The normalized spacial score (nSPS) is 20.9. The summed E-state index contributed by atoms with van der Waals surface area (Å²) < 4.78 is 0. The first-order chi connectivity index (χ1) is 18.1. The number of benzene rings is 2. The monoisotopic (exact) mass is 554 g/mol. The number of rotatable bonds is 4. The van der Waals surface area contributed by atoms with Gasteiger partial charge in [-0.05, 0) is 35.9 Å². The van der Waals surface area contributed by atoms with Crippen LogP contribution < -0.4 is 4.90 Å². The molecule has 2 fully saturated rings. The molecule has 5 rings (SSSR count). The number of nitrogens with one attached hydrogen (secondary N) is 1. The minimum absolute atomic E-state index is 0. The molecule has 2 saturated heterocycles. The number of carboxylic acids is 1. The van der Waals surface area contributed by atoms with Crippen molar-refractivity contribution < 1.29 is 25.7 Å². The van der Waals surface area contributed by atoms with Crippen molar-refractivity contribution in [1.29, 1.82) is 5.26 Å². The summed E-state index contributed by atoms with van der Waals surface area (Å²) in [6.07, 6.45) is 0. The predicted molar refractivity (Wildman–Crippen MR) is 137 cm³/mol. The van der Waals surface area contributed by atoms with Crippen LogP contribution in [0.15, 0.2) is 48.5 Å². The number of urea groups is 1. The largest absolute Gasteiger partial charge is 0.477 e. The average molecular weight is 555 g/mol. The maximum atomic E-state index is 14.2. The third kappa shape index (κ3) is 3.86. The van der Waals surface area contributed by atoms with Crippen molar-refractivity contribution in [2.24, 2.45) is 0 Å². The molecule has 38 heavy (non-hydrogen) atoms. The van der Waals surface area contributed by atoms with E-state index in [2.05, 4.69) is 10.2 Å². The van der Waals surface area contributed by atoms with Crippen LogP contribution in [-0.2, 0) is 4.79 Å². The van der Waals surface area contributed by atoms with E-state index in [1.165, 1.54) is 35.0 Å². The van der Waals surface area contributed by atoms with Gasteiger partial charge in [-0.25, -0.2) is 14.5 Å². The number of likely N-dealkylation sites (tertiary alicyclic amines) is 1. The number of nitrogens with zero attached hydrogens (tertiary/aromatic N) is 5. The number of nitriles is 1. The van der Waals surface area contributed by atoms with Crippen molar-refractivity contribution in [3.05, 3.63) is 81.1 Å². The second kappa shape index (κ2) is 9.16. The Hall–Kier alpha value is -4.40. The minimum atomic E-state index is -1.51. The van der Waals surface area contributed by atoms with Crippen LogP contribution in [-0.4, -0.2) is 74.6 Å². The maximum absolute atomic E-state index is 14.2. The van der Waals surface area contributed by atoms with Crippen LogP contribution in [0.4, 0.5) is 10.5 Å². The number of aromatic nitrogens is 2. The van der Waals surface area contributed by atoms with Gasteiger partial charge in [0.25, 0.3) is 11.8 Å². The molecule has 0 bridgehead atoms. The zero-order chi connectivity index (χ0) is 27.4. The highest BCUT2D eigenvalue weighted by Gasteiger charge is 2.65. The van der Waals surface area contributed by atoms with Crippen LogP contribution in [0.2, 0.25) is 10.0 Å². The van der Waals surface area contributed by atoms with Gasteiger partial charge in [-0.15, -0.1) is 0 Å². The SMILES string of the molecule is CN1C(=O)N(c2cc(Cl)cc(Cl)c2)C(=O)[C@]12CN(C(=O)c1cc(C(=O)O)[nH]n1)C[C@H]2c1ccc(C#N)cc1.[HH]. The van der Waals surface area contributed by atoms with E-state index in [-0.39, 0.29) is 41.6 Å². The molecule has 194 valence electrons. The molecule has 4 amide bonds. The molecular formula is C25H20Cl2N6O5. The van der Waals surface area contributed by atoms with E-state index in [9.17, 15) is 29.5 Å². The predicted octanol–water partition coefficient (Wildman–Crippen LogP) is 3.61. The highest BCUT2D eigenvalue weighted by molar-refractivity contribution is 6.36. The lowest BCUT2D eigenvalue weighted by molar-refractivity contribution is -0.124. The summed E-state index contributed by atoms with van der Waals surface area (Å²) in [6.45, 7) is -0.162. The van der Waals surface area contributed by atoms with E-state index in [0.29, 0.717) is 11.1 Å². The summed E-state index contributed by atoms with van der Waals surface area (Å²) in [4.78, 5) is 56.0. The van der Waals surface area contributed by atoms with Gasteiger partial charge in [0.1, 0.15) is 11.2 Å². The highest BCUT2D eigenvalue weighted by atomic mass is 35.5.